The number of hydrogen-bond donors (Lipinski definition) is 2. The molecule has 2 fully saturated rings. The predicted octanol–water partition coefficient (Wildman–Crippen LogP) is 8.23. The number of alkyl halides is 6. The van der Waals surface area contributed by atoms with Crippen molar-refractivity contribution in [1.29, 1.82) is 0 Å². The maximum Gasteiger partial charge on any atom is 0.416 e. The molecule has 0 saturated carbocycles. The molecule has 2 saturated heterocycles. The Hall–Kier alpha value is -4.78. The van der Waals surface area contributed by atoms with Crippen LogP contribution < -0.4 is 20.4 Å². The van der Waals surface area contributed by atoms with E-state index in [1.807, 2.05) is 27.8 Å². The maximum absolute atomic E-state index is 13.3. The highest BCUT2D eigenvalue weighted by atomic mass is 32.1. The van der Waals surface area contributed by atoms with Crippen molar-refractivity contribution in [2.75, 3.05) is 80.0 Å². The van der Waals surface area contributed by atoms with E-state index < -0.39 is 23.5 Å². The summed E-state index contributed by atoms with van der Waals surface area (Å²) in [6, 6.07) is 15.0. The molecule has 18 heteroatoms. The third kappa shape index (κ3) is 9.20. The second kappa shape index (κ2) is 16.5. The minimum atomic E-state index is -4.39. The number of benzene rings is 2. The Bertz CT molecular complexity index is 2210. The van der Waals surface area contributed by atoms with E-state index in [2.05, 4.69) is 47.4 Å². The first-order valence-corrected chi connectivity index (χ1v) is 19.2. The number of likely N-dealkylation sites (N-methyl/N-ethyl adjacent to an activating group) is 1. The van der Waals surface area contributed by atoms with Gasteiger partial charge in [-0.05, 0) is 53.2 Å². The van der Waals surface area contributed by atoms with Crippen LogP contribution in [0.25, 0.3) is 20.4 Å². The van der Waals surface area contributed by atoms with E-state index in [4.69, 9.17) is 4.74 Å². The van der Waals surface area contributed by atoms with E-state index in [9.17, 15) is 26.3 Å². The Morgan fingerprint density at radius 3 is 1.49 bits per heavy atom. The third-order valence-corrected chi connectivity index (χ3v) is 11.0. The number of ether oxygens (including phenoxy) is 1. The minimum Gasteiger partial charge on any atom is -0.378 e. The van der Waals surface area contributed by atoms with Crippen LogP contribution in [0.2, 0.25) is 0 Å². The fraction of sp³-hybridized carbons (Fsp3) is 0.351. The summed E-state index contributed by atoms with van der Waals surface area (Å²) in [7, 11) is 2.07. The molecule has 0 amide bonds. The summed E-state index contributed by atoms with van der Waals surface area (Å²) in [5, 5.41) is 10.0. The van der Waals surface area contributed by atoms with Gasteiger partial charge in [0.1, 0.15) is 11.6 Å². The largest absolute Gasteiger partial charge is 0.416 e. The van der Waals surface area contributed by atoms with Gasteiger partial charge in [-0.25, -0.2) is 9.97 Å². The summed E-state index contributed by atoms with van der Waals surface area (Å²) in [5.74, 6) is 2.31. The van der Waals surface area contributed by atoms with Crippen LogP contribution in [0.3, 0.4) is 0 Å². The molecule has 0 spiro atoms. The summed E-state index contributed by atoms with van der Waals surface area (Å²) >= 11 is 2.94. The van der Waals surface area contributed by atoms with Crippen molar-refractivity contribution < 1.29 is 31.1 Å². The van der Waals surface area contributed by atoms with Gasteiger partial charge in [0.25, 0.3) is 0 Å². The molecule has 6 aromatic rings. The number of piperazine rings is 1. The lowest BCUT2D eigenvalue weighted by Crippen LogP contribution is -2.45. The van der Waals surface area contributed by atoms with Crippen molar-refractivity contribution in [1.82, 2.24) is 24.8 Å². The van der Waals surface area contributed by atoms with Crippen LogP contribution in [-0.4, -0.2) is 84.4 Å². The second-order valence-electron chi connectivity index (χ2n) is 12.9. The molecule has 2 aliphatic rings. The average molecular weight is 802 g/mol. The summed E-state index contributed by atoms with van der Waals surface area (Å²) in [4.78, 5) is 24.8. The molecule has 0 radical (unpaired) electrons. The summed E-state index contributed by atoms with van der Waals surface area (Å²) in [5.41, 5.74) is 0.699. The number of aromatic nitrogens is 4. The highest BCUT2D eigenvalue weighted by molar-refractivity contribution is 7.18. The third-order valence-electron chi connectivity index (χ3n) is 9.20. The van der Waals surface area contributed by atoms with E-state index in [1.54, 1.807) is 12.1 Å². The lowest BCUT2D eigenvalue weighted by molar-refractivity contribution is -0.139. The molecule has 0 atom stereocenters. The number of rotatable bonds is 8. The quantitative estimate of drug-likeness (QED) is 0.147. The molecule has 55 heavy (non-hydrogen) atoms. The SMILES string of the molecule is CN1CCN(c2nc(NCc3ccccc3C(F)(F)F)c3sccc3n2)CC1.FC(F)(F)c1ccccc1CNc1nc(N2CCOCC2)nc2ccsc12. The number of thiophene rings is 2. The van der Waals surface area contributed by atoms with Crippen molar-refractivity contribution in [3.63, 3.8) is 0 Å². The van der Waals surface area contributed by atoms with Gasteiger partial charge in [-0.3, -0.25) is 0 Å². The van der Waals surface area contributed by atoms with Crippen LogP contribution in [0, 0.1) is 0 Å². The minimum absolute atomic E-state index is 0.0300. The van der Waals surface area contributed by atoms with E-state index in [1.165, 1.54) is 46.9 Å². The number of nitrogens with one attached hydrogen (secondary N) is 2. The summed E-state index contributed by atoms with van der Waals surface area (Å²) in [6.45, 7) is 6.14. The lowest BCUT2D eigenvalue weighted by Gasteiger charge is -2.32. The van der Waals surface area contributed by atoms with E-state index in [-0.39, 0.29) is 24.2 Å². The predicted molar refractivity (Wildman–Crippen MR) is 205 cm³/mol. The fourth-order valence-electron chi connectivity index (χ4n) is 6.25. The molecule has 0 unspecified atom stereocenters. The van der Waals surface area contributed by atoms with Crippen LogP contribution in [0.1, 0.15) is 22.3 Å². The first-order chi connectivity index (χ1) is 26.4. The van der Waals surface area contributed by atoms with Crippen molar-refractivity contribution in [2.24, 2.45) is 0 Å². The number of halogens is 6. The fourth-order valence-corrected chi connectivity index (χ4v) is 7.85. The van der Waals surface area contributed by atoms with E-state index >= 15 is 0 Å². The average Bonchev–Trinajstić information content (AvgIpc) is 3.87. The lowest BCUT2D eigenvalue weighted by atomic mass is 10.1. The van der Waals surface area contributed by atoms with E-state index in [0.717, 1.165) is 58.7 Å². The Morgan fingerprint density at radius 2 is 1.04 bits per heavy atom. The molecular weight excluding hydrogens is 765 g/mol. The first-order valence-electron chi connectivity index (χ1n) is 17.5. The smallest absolute Gasteiger partial charge is 0.378 e. The van der Waals surface area contributed by atoms with Gasteiger partial charge in [0.05, 0.1) is 44.8 Å². The standard InChI is InChI=1S/C19H20F3N5S.C18H17F3N4OS/c1-26-7-9-27(10-8-26)18-24-15-6-11-28-16(15)17(25-18)23-12-13-4-2-3-5-14(13)19(20,21)22;19-18(20,21)13-4-2-1-3-12(13)11-22-16-15-14(5-10-27-15)23-17(24-16)25-6-8-26-9-7-25/h2-6,11H,7-10,12H2,1H3,(H,23,24,25);1-5,10H,6-9,11H2,(H,22,23,24). The zero-order valence-corrected chi connectivity index (χ0v) is 31.3. The van der Waals surface area contributed by atoms with Gasteiger partial charge in [0, 0.05) is 52.4 Å². The highest BCUT2D eigenvalue weighted by Gasteiger charge is 2.34. The Morgan fingerprint density at radius 1 is 0.600 bits per heavy atom. The summed E-state index contributed by atoms with van der Waals surface area (Å²) in [6.07, 6.45) is -8.77. The topological polar surface area (TPSA) is 94.6 Å². The zero-order valence-electron chi connectivity index (χ0n) is 29.6. The molecule has 0 bridgehead atoms. The number of hydrogen-bond acceptors (Lipinski definition) is 12. The number of morpholine rings is 1. The Kier molecular flexibility index (Phi) is 11.6. The molecule has 290 valence electrons. The van der Waals surface area contributed by atoms with Crippen LogP contribution in [0.5, 0.6) is 0 Å². The summed E-state index contributed by atoms with van der Waals surface area (Å²) < 4.78 is 86.4. The van der Waals surface area contributed by atoms with Crippen molar-refractivity contribution in [3.05, 3.63) is 93.7 Å². The van der Waals surface area contributed by atoms with Crippen LogP contribution >= 0.6 is 22.7 Å². The van der Waals surface area contributed by atoms with Gasteiger partial charge < -0.3 is 30.1 Å². The molecule has 8 rings (SSSR count). The normalized spacial score (nSPS) is 15.6. The molecular formula is C37H37F6N9OS2. The van der Waals surface area contributed by atoms with Crippen LogP contribution in [-0.2, 0) is 30.2 Å². The molecule has 0 aliphatic carbocycles. The number of fused-ring (bicyclic) bond motifs is 2. The van der Waals surface area contributed by atoms with Crippen LogP contribution in [0.4, 0.5) is 49.9 Å². The number of nitrogens with zero attached hydrogens (tertiary/aromatic N) is 7. The molecule has 2 N–H and O–H groups in total. The number of anilines is 4. The molecule has 2 aliphatic heterocycles. The van der Waals surface area contributed by atoms with Crippen LogP contribution in [0.15, 0.2) is 71.4 Å². The molecule has 10 nitrogen and oxygen atoms in total. The highest BCUT2D eigenvalue weighted by Crippen LogP contribution is 2.35. The van der Waals surface area contributed by atoms with Gasteiger partial charge in [-0.2, -0.15) is 36.3 Å². The first kappa shape index (κ1) is 38.5. The zero-order chi connectivity index (χ0) is 38.6. The van der Waals surface area contributed by atoms with Crippen molar-refractivity contribution in [3.8, 4) is 0 Å². The monoisotopic (exact) mass is 801 g/mol. The molecule has 4 aromatic heterocycles. The molecule has 6 heterocycles. The maximum atomic E-state index is 13.3. The van der Waals surface area contributed by atoms with Gasteiger partial charge in [0.2, 0.25) is 11.9 Å². The Labute approximate surface area is 320 Å². The van der Waals surface area contributed by atoms with Crippen molar-refractivity contribution in [2.45, 2.75) is 25.4 Å². The van der Waals surface area contributed by atoms with Gasteiger partial charge in [0.15, 0.2) is 0 Å². The van der Waals surface area contributed by atoms with Gasteiger partial charge in [-0.1, -0.05) is 36.4 Å². The Balaban J connectivity index is 0.000000169. The van der Waals surface area contributed by atoms with E-state index in [0.29, 0.717) is 49.8 Å². The van der Waals surface area contributed by atoms with Gasteiger partial charge in [-0.15, -0.1) is 22.7 Å². The second-order valence-corrected chi connectivity index (χ2v) is 14.8. The van der Waals surface area contributed by atoms with Gasteiger partial charge >= 0.3 is 12.4 Å². The molecule has 2 aromatic carbocycles. The van der Waals surface area contributed by atoms with Crippen molar-refractivity contribution >= 4 is 66.6 Å².